The molecule has 2 aromatic rings. The van der Waals surface area contributed by atoms with Gasteiger partial charge in [0.15, 0.2) is 0 Å². The molecule has 1 unspecified atom stereocenters. The van der Waals surface area contributed by atoms with Crippen molar-refractivity contribution < 1.29 is 0 Å². The lowest BCUT2D eigenvalue weighted by Crippen LogP contribution is -2.33. The lowest BCUT2D eigenvalue weighted by atomic mass is 10.00. The van der Waals surface area contributed by atoms with Crippen molar-refractivity contribution in [1.82, 2.24) is 10.3 Å². The van der Waals surface area contributed by atoms with Gasteiger partial charge in [-0.15, -0.1) is 0 Å². The fourth-order valence-electron chi connectivity index (χ4n) is 2.47. The zero-order valence-electron chi connectivity index (χ0n) is 12.5. The van der Waals surface area contributed by atoms with Crippen molar-refractivity contribution in [2.45, 2.75) is 39.2 Å². The standard InChI is InChI=1S/C18H24N2/c1-3-15-8-10-16(11-9-15)13-18(19-4-2)14-17-7-5-6-12-20-17/h5-12,18-19H,3-4,13-14H2,1-2H3. The zero-order chi connectivity index (χ0) is 14.2. The number of nitrogens with one attached hydrogen (secondary N) is 1. The Morgan fingerprint density at radius 3 is 2.30 bits per heavy atom. The van der Waals surface area contributed by atoms with Gasteiger partial charge in [0.1, 0.15) is 0 Å². The molecule has 0 fully saturated rings. The van der Waals surface area contributed by atoms with E-state index in [4.69, 9.17) is 0 Å². The lowest BCUT2D eigenvalue weighted by Gasteiger charge is -2.18. The Kier molecular flexibility index (Phi) is 5.75. The van der Waals surface area contributed by atoms with Gasteiger partial charge in [-0.3, -0.25) is 4.98 Å². The number of rotatable bonds is 7. The first-order valence-corrected chi connectivity index (χ1v) is 7.53. The van der Waals surface area contributed by atoms with Gasteiger partial charge in [0, 0.05) is 24.4 Å². The van der Waals surface area contributed by atoms with Crippen molar-refractivity contribution in [3.8, 4) is 0 Å². The maximum Gasteiger partial charge on any atom is 0.0419 e. The Morgan fingerprint density at radius 2 is 1.70 bits per heavy atom. The summed E-state index contributed by atoms with van der Waals surface area (Å²) in [7, 11) is 0. The van der Waals surface area contributed by atoms with E-state index in [1.165, 1.54) is 11.1 Å². The topological polar surface area (TPSA) is 24.9 Å². The van der Waals surface area contributed by atoms with Crippen LogP contribution in [0.4, 0.5) is 0 Å². The maximum atomic E-state index is 4.43. The van der Waals surface area contributed by atoms with E-state index in [0.717, 1.165) is 31.5 Å². The highest BCUT2D eigenvalue weighted by Crippen LogP contribution is 2.10. The molecule has 0 saturated heterocycles. The molecule has 1 aromatic heterocycles. The van der Waals surface area contributed by atoms with Crippen LogP contribution >= 0.6 is 0 Å². The van der Waals surface area contributed by atoms with Gasteiger partial charge in [-0.2, -0.15) is 0 Å². The second kappa shape index (κ2) is 7.81. The first-order chi connectivity index (χ1) is 9.81. The van der Waals surface area contributed by atoms with E-state index < -0.39 is 0 Å². The fraction of sp³-hybridized carbons (Fsp3) is 0.389. The van der Waals surface area contributed by atoms with E-state index in [1.54, 1.807) is 0 Å². The van der Waals surface area contributed by atoms with Gasteiger partial charge in [-0.05, 0) is 42.6 Å². The van der Waals surface area contributed by atoms with Crippen molar-refractivity contribution >= 4 is 0 Å². The number of pyridine rings is 1. The second-order valence-electron chi connectivity index (χ2n) is 5.15. The van der Waals surface area contributed by atoms with Crippen LogP contribution in [0.2, 0.25) is 0 Å². The van der Waals surface area contributed by atoms with Crippen LogP contribution in [-0.2, 0) is 19.3 Å². The van der Waals surface area contributed by atoms with E-state index in [-0.39, 0.29) is 0 Å². The molecule has 0 aliphatic carbocycles. The molecule has 0 aliphatic heterocycles. The summed E-state index contributed by atoms with van der Waals surface area (Å²) >= 11 is 0. The first kappa shape index (κ1) is 14.7. The minimum atomic E-state index is 0.447. The summed E-state index contributed by atoms with van der Waals surface area (Å²) in [4.78, 5) is 4.43. The Bertz CT molecular complexity index is 491. The summed E-state index contributed by atoms with van der Waals surface area (Å²) < 4.78 is 0. The summed E-state index contributed by atoms with van der Waals surface area (Å²) in [5.41, 5.74) is 3.95. The van der Waals surface area contributed by atoms with E-state index in [0.29, 0.717) is 6.04 Å². The van der Waals surface area contributed by atoms with Crippen molar-refractivity contribution in [2.75, 3.05) is 6.54 Å². The van der Waals surface area contributed by atoms with Gasteiger partial charge in [-0.1, -0.05) is 44.2 Å². The highest BCUT2D eigenvalue weighted by atomic mass is 14.9. The number of hydrogen-bond donors (Lipinski definition) is 1. The summed E-state index contributed by atoms with van der Waals surface area (Å²) in [6, 6.07) is 15.5. The predicted molar refractivity (Wildman–Crippen MR) is 84.9 cm³/mol. The third-order valence-electron chi connectivity index (χ3n) is 3.59. The van der Waals surface area contributed by atoms with Crippen molar-refractivity contribution in [3.05, 3.63) is 65.5 Å². The van der Waals surface area contributed by atoms with E-state index >= 15 is 0 Å². The summed E-state index contributed by atoms with van der Waals surface area (Å²) in [6.07, 6.45) is 5.00. The number of benzene rings is 1. The molecule has 1 atom stereocenters. The van der Waals surface area contributed by atoms with Crippen LogP contribution in [0.1, 0.15) is 30.7 Å². The van der Waals surface area contributed by atoms with Crippen LogP contribution in [-0.4, -0.2) is 17.6 Å². The number of hydrogen-bond acceptors (Lipinski definition) is 2. The Morgan fingerprint density at radius 1 is 0.950 bits per heavy atom. The molecule has 1 N–H and O–H groups in total. The van der Waals surface area contributed by atoms with Gasteiger partial charge >= 0.3 is 0 Å². The van der Waals surface area contributed by atoms with Crippen LogP contribution in [0.15, 0.2) is 48.7 Å². The highest BCUT2D eigenvalue weighted by molar-refractivity contribution is 5.23. The Balaban J connectivity index is 2.00. The van der Waals surface area contributed by atoms with Gasteiger partial charge in [0.25, 0.3) is 0 Å². The number of nitrogens with zero attached hydrogens (tertiary/aromatic N) is 1. The second-order valence-corrected chi connectivity index (χ2v) is 5.15. The smallest absolute Gasteiger partial charge is 0.0419 e. The zero-order valence-corrected chi connectivity index (χ0v) is 12.5. The monoisotopic (exact) mass is 268 g/mol. The molecule has 106 valence electrons. The largest absolute Gasteiger partial charge is 0.314 e. The van der Waals surface area contributed by atoms with E-state index in [2.05, 4.69) is 60.5 Å². The predicted octanol–water partition coefficient (Wildman–Crippen LogP) is 3.41. The Hall–Kier alpha value is -1.67. The molecule has 0 saturated carbocycles. The van der Waals surface area contributed by atoms with Crippen molar-refractivity contribution in [3.63, 3.8) is 0 Å². The third-order valence-corrected chi connectivity index (χ3v) is 3.59. The number of aryl methyl sites for hydroxylation is 1. The molecular formula is C18H24N2. The van der Waals surface area contributed by atoms with Crippen molar-refractivity contribution in [1.29, 1.82) is 0 Å². The lowest BCUT2D eigenvalue weighted by molar-refractivity contribution is 0.516. The molecule has 0 spiro atoms. The summed E-state index contributed by atoms with van der Waals surface area (Å²) in [5.74, 6) is 0. The molecular weight excluding hydrogens is 244 g/mol. The van der Waals surface area contributed by atoms with Gasteiger partial charge < -0.3 is 5.32 Å². The van der Waals surface area contributed by atoms with Gasteiger partial charge in [-0.25, -0.2) is 0 Å². The molecule has 2 rings (SSSR count). The third kappa shape index (κ3) is 4.46. The minimum Gasteiger partial charge on any atom is -0.314 e. The molecule has 2 nitrogen and oxygen atoms in total. The average molecular weight is 268 g/mol. The minimum absolute atomic E-state index is 0.447. The molecule has 0 bridgehead atoms. The number of likely N-dealkylation sites (N-methyl/N-ethyl adjacent to an activating group) is 1. The summed E-state index contributed by atoms with van der Waals surface area (Å²) in [5, 5.41) is 3.57. The average Bonchev–Trinajstić information content (AvgIpc) is 2.49. The molecule has 20 heavy (non-hydrogen) atoms. The van der Waals surface area contributed by atoms with Gasteiger partial charge in [0.2, 0.25) is 0 Å². The SMILES string of the molecule is CCNC(Cc1ccc(CC)cc1)Cc1ccccn1. The normalized spacial score (nSPS) is 12.3. The number of aromatic nitrogens is 1. The van der Waals surface area contributed by atoms with E-state index in [1.807, 2.05) is 12.3 Å². The fourth-order valence-corrected chi connectivity index (χ4v) is 2.47. The van der Waals surface area contributed by atoms with Crippen LogP contribution in [0.3, 0.4) is 0 Å². The van der Waals surface area contributed by atoms with Crippen LogP contribution in [0.25, 0.3) is 0 Å². The van der Waals surface area contributed by atoms with Crippen LogP contribution in [0, 0.1) is 0 Å². The summed E-state index contributed by atoms with van der Waals surface area (Å²) in [6.45, 7) is 5.34. The Labute approximate surface area is 122 Å². The van der Waals surface area contributed by atoms with Crippen LogP contribution < -0.4 is 5.32 Å². The molecule has 0 radical (unpaired) electrons. The van der Waals surface area contributed by atoms with Crippen molar-refractivity contribution in [2.24, 2.45) is 0 Å². The molecule has 0 amide bonds. The molecule has 1 heterocycles. The first-order valence-electron chi connectivity index (χ1n) is 7.53. The van der Waals surface area contributed by atoms with Gasteiger partial charge in [0.05, 0.1) is 0 Å². The molecule has 2 heteroatoms. The van der Waals surface area contributed by atoms with Crippen LogP contribution in [0.5, 0.6) is 0 Å². The van der Waals surface area contributed by atoms with E-state index in [9.17, 15) is 0 Å². The quantitative estimate of drug-likeness (QED) is 0.832. The highest BCUT2D eigenvalue weighted by Gasteiger charge is 2.10. The maximum absolute atomic E-state index is 4.43. The molecule has 1 aromatic carbocycles. The molecule has 0 aliphatic rings.